The van der Waals surface area contributed by atoms with E-state index < -0.39 is 23.8 Å². The lowest BCUT2D eigenvalue weighted by Gasteiger charge is -2.34. The van der Waals surface area contributed by atoms with E-state index in [0.717, 1.165) is 11.1 Å². The first kappa shape index (κ1) is 24.8. The van der Waals surface area contributed by atoms with Gasteiger partial charge in [0.1, 0.15) is 18.8 Å². The molecule has 8 heteroatoms. The highest BCUT2D eigenvalue weighted by Crippen LogP contribution is 2.22. The van der Waals surface area contributed by atoms with E-state index in [0.29, 0.717) is 5.70 Å². The van der Waals surface area contributed by atoms with Crippen molar-refractivity contribution in [2.45, 2.75) is 39.0 Å². The predicted octanol–water partition coefficient (Wildman–Crippen LogP) is 4.03. The molecule has 8 nitrogen and oxygen atoms in total. The van der Waals surface area contributed by atoms with Crippen LogP contribution in [0.5, 0.6) is 0 Å². The minimum Gasteiger partial charge on any atom is -0.445 e. The van der Waals surface area contributed by atoms with Crippen molar-refractivity contribution in [1.29, 1.82) is 0 Å². The van der Waals surface area contributed by atoms with Crippen LogP contribution in [-0.4, -0.2) is 59.7 Å². The average molecular weight is 466 g/mol. The molecule has 34 heavy (non-hydrogen) atoms. The number of nitrogens with zero attached hydrogens (tertiary/aromatic N) is 2. The SMILES string of the molecule is CN1C(=O)CN(C(=O)OC(C)(C)C)CC(NC(=O)OCc2ccccc2)/C=C\1c1ccccc1. The van der Waals surface area contributed by atoms with Crippen molar-refractivity contribution >= 4 is 23.8 Å². The zero-order valence-corrected chi connectivity index (χ0v) is 20.0. The molecule has 1 heterocycles. The molecule has 0 bridgehead atoms. The summed E-state index contributed by atoms with van der Waals surface area (Å²) in [5.74, 6) is -0.272. The molecule has 0 aliphatic carbocycles. The number of hydrogen-bond acceptors (Lipinski definition) is 5. The van der Waals surface area contributed by atoms with Gasteiger partial charge in [0, 0.05) is 19.3 Å². The summed E-state index contributed by atoms with van der Waals surface area (Å²) in [7, 11) is 1.64. The summed E-state index contributed by atoms with van der Waals surface area (Å²) in [6.07, 6.45) is 0.500. The van der Waals surface area contributed by atoms with Crippen molar-refractivity contribution in [2.24, 2.45) is 0 Å². The van der Waals surface area contributed by atoms with Crippen molar-refractivity contribution in [3.63, 3.8) is 0 Å². The summed E-state index contributed by atoms with van der Waals surface area (Å²) in [4.78, 5) is 41.1. The first-order chi connectivity index (χ1) is 16.1. The largest absolute Gasteiger partial charge is 0.445 e. The summed E-state index contributed by atoms with van der Waals surface area (Å²) >= 11 is 0. The van der Waals surface area contributed by atoms with Crippen molar-refractivity contribution in [1.82, 2.24) is 15.1 Å². The minimum absolute atomic E-state index is 0.0469. The van der Waals surface area contributed by atoms with Gasteiger partial charge >= 0.3 is 12.2 Å². The van der Waals surface area contributed by atoms with E-state index in [-0.39, 0.29) is 25.6 Å². The Balaban J connectivity index is 1.85. The van der Waals surface area contributed by atoms with Gasteiger partial charge in [0.2, 0.25) is 5.91 Å². The maximum Gasteiger partial charge on any atom is 0.410 e. The molecule has 0 saturated heterocycles. The van der Waals surface area contributed by atoms with E-state index >= 15 is 0 Å². The maximum absolute atomic E-state index is 12.9. The molecular formula is C26H31N3O5. The minimum atomic E-state index is -0.725. The smallest absolute Gasteiger partial charge is 0.410 e. The van der Waals surface area contributed by atoms with E-state index in [2.05, 4.69) is 5.32 Å². The molecule has 0 fully saturated rings. The number of rotatable bonds is 4. The molecule has 2 aromatic carbocycles. The molecule has 2 aromatic rings. The Labute approximate surface area is 200 Å². The van der Waals surface area contributed by atoms with Crippen LogP contribution < -0.4 is 5.32 Å². The molecule has 0 saturated carbocycles. The van der Waals surface area contributed by atoms with Gasteiger partial charge in [0.05, 0.1) is 6.04 Å². The summed E-state index contributed by atoms with van der Waals surface area (Å²) in [5, 5.41) is 2.81. The summed E-state index contributed by atoms with van der Waals surface area (Å²) in [6.45, 7) is 5.24. The van der Waals surface area contributed by atoms with Crippen LogP contribution in [-0.2, 0) is 20.9 Å². The Kier molecular flexibility index (Phi) is 7.94. The second-order valence-corrected chi connectivity index (χ2v) is 9.04. The first-order valence-electron chi connectivity index (χ1n) is 11.1. The highest BCUT2D eigenvalue weighted by Gasteiger charge is 2.31. The highest BCUT2D eigenvalue weighted by atomic mass is 16.6. The van der Waals surface area contributed by atoms with Crippen LogP contribution in [0.1, 0.15) is 31.9 Å². The summed E-state index contributed by atoms with van der Waals surface area (Å²) in [6, 6.07) is 18.1. The van der Waals surface area contributed by atoms with Gasteiger partial charge < -0.3 is 19.7 Å². The van der Waals surface area contributed by atoms with Crippen LogP contribution >= 0.6 is 0 Å². The number of benzene rings is 2. The number of amides is 3. The van der Waals surface area contributed by atoms with Crippen molar-refractivity contribution in [3.05, 3.63) is 77.9 Å². The van der Waals surface area contributed by atoms with Crippen molar-refractivity contribution in [3.8, 4) is 0 Å². The lowest BCUT2D eigenvalue weighted by molar-refractivity contribution is -0.128. The van der Waals surface area contributed by atoms with Crippen LogP contribution in [0.25, 0.3) is 5.70 Å². The second-order valence-electron chi connectivity index (χ2n) is 9.04. The third-order valence-corrected chi connectivity index (χ3v) is 5.07. The molecule has 180 valence electrons. The van der Waals surface area contributed by atoms with Crippen LogP contribution in [0, 0.1) is 0 Å². The van der Waals surface area contributed by atoms with Gasteiger partial charge in [-0.15, -0.1) is 0 Å². The monoisotopic (exact) mass is 465 g/mol. The molecule has 3 rings (SSSR count). The Hall–Kier alpha value is -3.81. The fraction of sp³-hybridized carbons (Fsp3) is 0.346. The van der Waals surface area contributed by atoms with E-state index in [1.54, 1.807) is 33.9 Å². The third-order valence-electron chi connectivity index (χ3n) is 5.07. The number of alkyl carbamates (subject to hydrolysis) is 1. The summed E-state index contributed by atoms with van der Waals surface area (Å²) in [5.41, 5.74) is 1.57. The van der Waals surface area contributed by atoms with Crippen molar-refractivity contribution < 1.29 is 23.9 Å². The molecular weight excluding hydrogens is 434 g/mol. The molecule has 3 amide bonds. The number of carbonyl (C=O) groups excluding carboxylic acids is 3. The van der Waals surface area contributed by atoms with E-state index in [4.69, 9.17) is 9.47 Å². The topological polar surface area (TPSA) is 88.2 Å². The fourth-order valence-electron chi connectivity index (χ4n) is 3.43. The maximum atomic E-state index is 12.9. The second kappa shape index (κ2) is 10.9. The Bertz CT molecular complexity index is 1030. The van der Waals surface area contributed by atoms with Gasteiger partial charge in [-0.1, -0.05) is 60.7 Å². The van der Waals surface area contributed by atoms with Gasteiger partial charge in [-0.05, 0) is 38.0 Å². The quantitative estimate of drug-likeness (QED) is 0.737. The zero-order chi connectivity index (χ0) is 24.7. The normalized spacial score (nSPS) is 18.3. The van der Waals surface area contributed by atoms with Crippen LogP contribution in [0.15, 0.2) is 66.7 Å². The molecule has 1 aliphatic heterocycles. The Morgan fingerprint density at radius 2 is 1.65 bits per heavy atom. The van der Waals surface area contributed by atoms with Gasteiger partial charge in [0.15, 0.2) is 0 Å². The van der Waals surface area contributed by atoms with Gasteiger partial charge in [-0.2, -0.15) is 0 Å². The van der Waals surface area contributed by atoms with Gasteiger partial charge in [0.25, 0.3) is 0 Å². The molecule has 1 atom stereocenters. The van der Waals surface area contributed by atoms with Gasteiger partial charge in [-0.3, -0.25) is 9.69 Å². The van der Waals surface area contributed by atoms with Crippen molar-refractivity contribution in [2.75, 3.05) is 20.1 Å². The third kappa shape index (κ3) is 7.10. The highest BCUT2D eigenvalue weighted by molar-refractivity contribution is 5.90. The molecule has 0 spiro atoms. The van der Waals surface area contributed by atoms with E-state index in [1.807, 2.05) is 60.7 Å². The molecule has 0 radical (unpaired) electrons. The molecule has 0 aromatic heterocycles. The van der Waals surface area contributed by atoms with Crippen LogP contribution in [0.3, 0.4) is 0 Å². The van der Waals surface area contributed by atoms with E-state index in [9.17, 15) is 14.4 Å². The molecule has 1 aliphatic rings. The Morgan fingerprint density at radius 1 is 1.03 bits per heavy atom. The zero-order valence-electron chi connectivity index (χ0n) is 20.0. The van der Waals surface area contributed by atoms with Gasteiger partial charge in [-0.25, -0.2) is 9.59 Å². The lowest BCUT2D eigenvalue weighted by atomic mass is 10.1. The average Bonchev–Trinajstić information content (AvgIpc) is 2.79. The van der Waals surface area contributed by atoms with E-state index in [1.165, 1.54) is 9.80 Å². The Morgan fingerprint density at radius 3 is 2.26 bits per heavy atom. The molecule has 1 N–H and O–H groups in total. The molecule has 1 unspecified atom stereocenters. The number of ether oxygens (including phenoxy) is 2. The standard InChI is InChI=1S/C26H31N3O5/c1-26(2,3)34-25(32)29-16-21(27-24(31)33-18-19-11-7-5-8-12-19)15-22(28(4)23(30)17-29)20-13-9-6-10-14-20/h5-15,21H,16-18H2,1-4H3,(H,27,31)/b22-15-. The van der Waals surface area contributed by atoms with Crippen LogP contribution in [0.4, 0.5) is 9.59 Å². The van der Waals surface area contributed by atoms with Crippen LogP contribution in [0.2, 0.25) is 0 Å². The lowest BCUT2D eigenvalue weighted by Crippen LogP contribution is -2.51. The fourth-order valence-corrected chi connectivity index (χ4v) is 3.43. The number of hydrogen-bond donors (Lipinski definition) is 1. The number of carbonyl (C=O) groups is 3. The number of nitrogens with one attached hydrogen (secondary N) is 1. The predicted molar refractivity (Wildman–Crippen MR) is 129 cm³/mol. The summed E-state index contributed by atoms with van der Waals surface area (Å²) < 4.78 is 10.9. The number of likely N-dealkylation sites (N-methyl/N-ethyl adjacent to an activating group) is 1. The first-order valence-corrected chi connectivity index (χ1v) is 11.1.